The second-order valence-electron chi connectivity index (χ2n) is 16.9. The van der Waals surface area contributed by atoms with E-state index < -0.39 is 7.14 Å². The van der Waals surface area contributed by atoms with Crippen molar-refractivity contribution in [3.63, 3.8) is 0 Å². The van der Waals surface area contributed by atoms with Gasteiger partial charge in [0, 0.05) is 63.4 Å². The summed E-state index contributed by atoms with van der Waals surface area (Å²) in [6.07, 6.45) is 0. The first kappa shape index (κ1) is 35.2. The number of fused-ring (bicyclic) bond motifs is 8. The third-order valence-electron chi connectivity index (χ3n) is 12.9. The van der Waals surface area contributed by atoms with Crippen LogP contribution in [0.25, 0.3) is 58.8 Å². The van der Waals surface area contributed by atoms with Crippen LogP contribution in [-0.2, 0) is 15.4 Å². The molecule has 2 aromatic heterocycles. The number of para-hydroxylation sites is 2. The Labute approximate surface area is 343 Å². The summed E-state index contributed by atoms with van der Waals surface area (Å²) in [5, 5.41) is 7.50. The Hall–Kier alpha value is -5.99. The van der Waals surface area contributed by atoms with E-state index >= 15 is 4.57 Å². The molecule has 0 fully saturated rings. The van der Waals surface area contributed by atoms with Gasteiger partial charge < -0.3 is 9.13 Å². The molecule has 0 spiro atoms. The Kier molecular flexibility index (Phi) is 7.74. The normalized spacial score (nSPS) is 14.6. The molecule has 0 atom stereocenters. The van der Waals surface area contributed by atoms with Gasteiger partial charge in [-0.1, -0.05) is 161 Å². The molecule has 58 heavy (non-hydrogen) atoms. The van der Waals surface area contributed by atoms with Gasteiger partial charge >= 0.3 is 0 Å². The van der Waals surface area contributed by atoms with Crippen LogP contribution in [-0.4, -0.2) is 4.57 Å². The molecule has 8 aromatic carbocycles. The highest BCUT2D eigenvalue weighted by Gasteiger charge is 2.42. The van der Waals surface area contributed by atoms with Crippen LogP contribution in [0.5, 0.6) is 0 Å². The number of nitrogens with zero attached hydrogens (tertiary/aromatic N) is 1. The van der Waals surface area contributed by atoms with Crippen molar-refractivity contribution in [1.82, 2.24) is 4.57 Å². The van der Waals surface area contributed by atoms with Gasteiger partial charge in [-0.05, 0) is 81.9 Å². The lowest BCUT2D eigenvalue weighted by Crippen LogP contribution is -2.36. The summed E-state index contributed by atoms with van der Waals surface area (Å²) in [6.45, 7) is 9.52. The summed E-state index contributed by atoms with van der Waals surface area (Å²) in [5.74, 6) is 0. The van der Waals surface area contributed by atoms with Gasteiger partial charge in [0.2, 0.25) is 0 Å². The highest BCUT2D eigenvalue weighted by molar-refractivity contribution is 7.86. The van der Waals surface area contributed by atoms with E-state index in [0.29, 0.717) is 0 Å². The zero-order valence-corrected chi connectivity index (χ0v) is 34.7. The number of hydrogen-bond acceptors (Lipinski definition) is 2. The Morgan fingerprint density at radius 3 is 1.59 bits per heavy atom. The van der Waals surface area contributed by atoms with E-state index in [0.717, 1.165) is 37.1 Å². The standard InChI is InChI=1S/C54H42NOPS/c1-53(2)45-30-28-37(55-48-24-14-11-21-40(48)41-22-12-15-25-49(41)55)34-47(45)54(3,4)44-29-27-35(32-46(44)53)36-31-43-42-23-13-16-26-51(42)58-52(43)50(33-36)57(56,38-17-7-5-8-18-38)39-19-9-6-10-20-39/h5-34H,1-4H3. The molecule has 0 amide bonds. The van der Waals surface area contributed by atoms with E-state index in [-0.39, 0.29) is 10.8 Å². The minimum Gasteiger partial charge on any atom is -0.309 e. The lowest BCUT2D eigenvalue weighted by Gasteiger charge is -2.44. The minimum atomic E-state index is -3.29. The van der Waals surface area contributed by atoms with Crippen LogP contribution in [0.15, 0.2) is 182 Å². The van der Waals surface area contributed by atoms with Crippen LogP contribution in [0.4, 0.5) is 0 Å². The van der Waals surface area contributed by atoms with Crippen molar-refractivity contribution in [1.29, 1.82) is 0 Å². The Balaban J connectivity index is 1.11. The molecule has 4 heteroatoms. The average molecular weight is 784 g/mol. The van der Waals surface area contributed by atoms with Crippen LogP contribution in [0.1, 0.15) is 49.9 Å². The Morgan fingerprint density at radius 2 is 0.966 bits per heavy atom. The van der Waals surface area contributed by atoms with Crippen molar-refractivity contribution in [3.05, 3.63) is 204 Å². The summed E-state index contributed by atoms with van der Waals surface area (Å²) < 4.78 is 20.8. The Bertz CT molecular complexity index is 3220. The molecule has 2 nitrogen and oxygen atoms in total. The maximum absolute atomic E-state index is 16.1. The maximum Gasteiger partial charge on any atom is 0.172 e. The fourth-order valence-electron chi connectivity index (χ4n) is 9.92. The summed E-state index contributed by atoms with van der Waals surface area (Å²) in [5.41, 5.74) is 10.7. The van der Waals surface area contributed by atoms with Gasteiger partial charge in [-0.3, -0.25) is 0 Å². The second-order valence-corrected chi connectivity index (χ2v) is 20.6. The van der Waals surface area contributed by atoms with Gasteiger partial charge in [0.1, 0.15) is 0 Å². The van der Waals surface area contributed by atoms with Gasteiger partial charge in [0.05, 0.1) is 11.0 Å². The van der Waals surface area contributed by atoms with E-state index in [1.165, 1.54) is 59.8 Å². The van der Waals surface area contributed by atoms with Crippen LogP contribution < -0.4 is 15.9 Å². The fourth-order valence-corrected chi connectivity index (χ4v) is 14.3. The van der Waals surface area contributed by atoms with Crippen molar-refractivity contribution in [2.75, 3.05) is 0 Å². The third kappa shape index (κ3) is 5.00. The maximum atomic E-state index is 16.1. The Morgan fingerprint density at radius 1 is 0.448 bits per heavy atom. The number of rotatable bonds is 5. The molecule has 0 saturated heterocycles. The van der Waals surface area contributed by atoms with Gasteiger partial charge in [-0.2, -0.15) is 0 Å². The highest BCUT2D eigenvalue weighted by atomic mass is 32.1. The molecule has 0 N–H and O–H groups in total. The number of aromatic nitrogens is 1. The topological polar surface area (TPSA) is 22.0 Å². The molecular formula is C54H42NOPS. The van der Waals surface area contributed by atoms with Crippen molar-refractivity contribution in [3.8, 4) is 16.8 Å². The minimum absolute atomic E-state index is 0.248. The summed E-state index contributed by atoms with van der Waals surface area (Å²) >= 11 is 1.75. The monoisotopic (exact) mass is 783 g/mol. The fraction of sp³-hybridized carbons (Fsp3) is 0.111. The molecule has 10 aromatic rings. The van der Waals surface area contributed by atoms with E-state index in [1.807, 2.05) is 60.7 Å². The first-order valence-corrected chi connectivity index (χ1v) is 22.6. The lowest BCUT2D eigenvalue weighted by atomic mass is 9.59. The number of thiophene rings is 1. The lowest BCUT2D eigenvalue weighted by molar-refractivity contribution is 0.520. The molecule has 280 valence electrons. The highest BCUT2D eigenvalue weighted by Crippen LogP contribution is 2.53. The van der Waals surface area contributed by atoms with E-state index in [4.69, 9.17) is 0 Å². The van der Waals surface area contributed by atoms with E-state index in [9.17, 15) is 0 Å². The molecule has 11 rings (SSSR count). The molecule has 2 heterocycles. The molecule has 0 aliphatic heterocycles. The van der Waals surface area contributed by atoms with Crippen molar-refractivity contribution < 1.29 is 4.57 Å². The number of hydrogen-bond donors (Lipinski definition) is 0. The molecule has 1 aliphatic rings. The predicted octanol–water partition coefficient (Wildman–Crippen LogP) is 13.4. The molecular weight excluding hydrogens is 742 g/mol. The smallest absolute Gasteiger partial charge is 0.172 e. The van der Waals surface area contributed by atoms with E-state index in [2.05, 4.69) is 154 Å². The zero-order chi connectivity index (χ0) is 39.4. The van der Waals surface area contributed by atoms with Crippen LogP contribution >= 0.6 is 18.5 Å². The zero-order valence-electron chi connectivity index (χ0n) is 33.0. The van der Waals surface area contributed by atoms with Gasteiger partial charge in [0.15, 0.2) is 7.14 Å². The van der Waals surface area contributed by atoms with Crippen LogP contribution in [0.3, 0.4) is 0 Å². The number of benzene rings is 8. The van der Waals surface area contributed by atoms with Crippen molar-refractivity contribution in [2.24, 2.45) is 0 Å². The van der Waals surface area contributed by atoms with Crippen molar-refractivity contribution in [2.45, 2.75) is 38.5 Å². The third-order valence-corrected chi connectivity index (χ3v) is 17.4. The van der Waals surface area contributed by atoms with Gasteiger partial charge in [-0.15, -0.1) is 11.3 Å². The van der Waals surface area contributed by atoms with Gasteiger partial charge in [0.25, 0.3) is 0 Å². The molecule has 0 bridgehead atoms. The second kappa shape index (κ2) is 12.8. The van der Waals surface area contributed by atoms with Crippen molar-refractivity contribution >= 4 is 76.4 Å². The molecule has 1 aliphatic carbocycles. The first-order valence-electron chi connectivity index (χ1n) is 20.1. The molecule has 0 unspecified atom stereocenters. The molecule has 0 radical (unpaired) electrons. The quantitative estimate of drug-likeness (QED) is 0.159. The summed E-state index contributed by atoms with van der Waals surface area (Å²) in [4.78, 5) is 0. The summed E-state index contributed by atoms with van der Waals surface area (Å²) in [7, 11) is -3.29. The summed E-state index contributed by atoms with van der Waals surface area (Å²) in [6, 6.07) is 65.1. The predicted molar refractivity (Wildman–Crippen MR) is 249 cm³/mol. The van der Waals surface area contributed by atoms with Crippen LogP contribution in [0.2, 0.25) is 0 Å². The van der Waals surface area contributed by atoms with E-state index in [1.54, 1.807) is 11.3 Å². The van der Waals surface area contributed by atoms with Crippen LogP contribution in [0, 0.1) is 0 Å². The largest absolute Gasteiger partial charge is 0.309 e. The SMILES string of the molecule is CC1(C)c2ccc(-n3c4ccccc4c4ccccc43)cc2C(C)(C)c2ccc(-c3cc(P(=O)(c4ccccc4)c4ccccc4)c4sc5ccccc5c4c3)cc21. The average Bonchev–Trinajstić information content (AvgIpc) is 3.81. The van der Waals surface area contributed by atoms with Gasteiger partial charge in [-0.25, -0.2) is 0 Å². The first-order chi connectivity index (χ1) is 28.2. The molecule has 0 saturated carbocycles.